The molecule has 2 heteroatoms. The Hall–Kier alpha value is -0.340. The fourth-order valence-electron chi connectivity index (χ4n) is 0.434. The third kappa shape index (κ3) is 3.84. The standard InChI is InChI=1S/C6H12O2/c1-6(2-4-7)3-5-8/h2,7-8H,3-5H2,1H3. The maximum Gasteiger partial charge on any atom is 0.0614 e. The molecule has 0 heterocycles. The van der Waals surface area contributed by atoms with Gasteiger partial charge in [-0.1, -0.05) is 11.6 Å². The van der Waals surface area contributed by atoms with Crippen LogP contribution in [-0.2, 0) is 0 Å². The highest BCUT2D eigenvalue weighted by Crippen LogP contribution is 1.95. The fourth-order valence-corrected chi connectivity index (χ4v) is 0.434. The third-order valence-corrected chi connectivity index (χ3v) is 0.946. The molecule has 0 aromatic heterocycles. The number of hydrogen-bond acceptors (Lipinski definition) is 2. The third-order valence-electron chi connectivity index (χ3n) is 0.946. The van der Waals surface area contributed by atoms with Crippen molar-refractivity contribution in [2.24, 2.45) is 0 Å². The van der Waals surface area contributed by atoms with Gasteiger partial charge in [-0.2, -0.15) is 0 Å². The van der Waals surface area contributed by atoms with E-state index in [-0.39, 0.29) is 13.2 Å². The van der Waals surface area contributed by atoms with Crippen LogP contribution in [0.3, 0.4) is 0 Å². The molecule has 0 amide bonds. The lowest BCUT2D eigenvalue weighted by Crippen LogP contribution is -1.85. The topological polar surface area (TPSA) is 40.5 Å². The SMILES string of the molecule is CC(=CCO)CCO. The molecule has 0 unspecified atom stereocenters. The highest BCUT2D eigenvalue weighted by Gasteiger charge is 1.83. The lowest BCUT2D eigenvalue weighted by molar-refractivity contribution is 0.297. The van der Waals surface area contributed by atoms with Crippen LogP contribution in [0.1, 0.15) is 13.3 Å². The molecule has 0 rings (SSSR count). The molecule has 0 aliphatic rings. The Balaban J connectivity index is 3.29. The van der Waals surface area contributed by atoms with Gasteiger partial charge >= 0.3 is 0 Å². The second kappa shape index (κ2) is 4.81. The highest BCUT2D eigenvalue weighted by atomic mass is 16.3. The van der Waals surface area contributed by atoms with Gasteiger partial charge in [0.25, 0.3) is 0 Å². The summed E-state index contributed by atoms with van der Waals surface area (Å²) in [7, 11) is 0. The van der Waals surface area contributed by atoms with Gasteiger partial charge in [-0.25, -0.2) is 0 Å². The average Bonchev–Trinajstić information content (AvgIpc) is 1.68. The minimum absolute atomic E-state index is 0.0752. The number of rotatable bonds is 3. The summed E-state index contributed by atoms with van der Waals surface area (Å²) in [6.45, 7) is 2.13. The fraction of sp³-hybridized carbons (Fsp3) is 0.667. The van der Waals surface area contributed by atoms with Crippen LogP contribution < -0.4 is 0 Å². The second-order valence-corrected chi connectivity index (χ2v) is 1.71. The van der Waals surface area contributed by atoms with Gasteiger partial charge in [0.2, 0.25) is 0 Å². The Morgan fingerprint density at radius 3 is 2.50 bits per heavy atom. The normalized spacial score (nSPS) is 12.1. The van der Waals surface area contributed by atoms with Crippen molar-refractivity contribution in [3.05, 3.63) is 11.6 Å². The number of aliphatic hydroxyl groups excluding tert-OH is 2. The monoisotopic (exact) mass is 116 g/mol. The van der Waals surface area contributed by atoms with Gasteiger partial charge in [0.05, 0.1) is 6.61 Å². The first kappa shape index (κ1) is 7.66. The molecule has 0 bridgehead atoms. The van der Waals surface area contributed by atoms with E-state index < -0.39 is 0 Å². The Labute approximate surface area is 49.5 Å². The molecule has 0 spiro atoms. The van der Waals surface area contributed by atoms with Crippen LogP contribution in [0.25, 0.3) is 0 Å². The molecule has 0 saturated carbocycles. The zero-order valence-electron chi connectivity index (χ0n) is 5.09. The molecule has 0 aromatic rings. The van der Waals surface area contributed by atoms with Gasteiger partial charge in [-0.3, -0.25) is 0 Å². The lowest BCUT2D eigenvalue weighted by Gasteiger charge is -1.92. The van der Waals surface area contributed by atoms with Gasteiger partial charge in [0, 0.05) is 6.61 Å². The van der Waals surface area contributed by atoms with E-state index in [1.165, 1.54) is 0 Å². The van der Waals surface area contributed by atoms with Crippen LogP contribution in [0.5, 0.6) is 0 Å². The van der Waals surface area contributed by atoms with E-state index in [1.807, 2.05) is 6.92 Å². The largest absolute Gasteiger partial charge is 0.396 e. The molecule has 0 aromatic carbocycles. The van der Waals surface area contributed by atoms with Crippen molar-refractivity contribution >= 4 is 0 Å². The highest BCUT2D eigenvalue weighted by molar-refractivity contribution is 4.97. The van der Waals surface area contributed by atoms with Crippen LogP contribution in [0.4, 0.5) is 0 Å². The van der Waals surface area contributed by atoms with Gasteiger partial charge in [0.1, 0.15) is 0 Å². The van der Waals surface area contributed by atoms with Crippen LogP contribution in [0.2, 0.25) is 0 Å². The maximum absolute atomic E-state index is 8.34. The maximum atomic E-state index is 8.34. The summed E-state index contributed by atoms with van der Waals surface area (Å²) >= 11 is 0. The van der Waals surface area contributed by atoms with Crippen molar-refractivity contribution in [1.82, 2.24) is 0 Å². The van der Waals surface area contributed by atoms with Crippen LogP contribution >= 0.6 is 0 Å². The van der Waals surface area contributed by atoms with Crippen LogP contribution in [0, 0.1) is 0 Å². The molecule has 0 saturated heterocycles. The molecule has 8 heavy (non-hydrogen) atoms. The van der Waals surface area contributed by atoms with Crippen molar-refractivity contribution in [2.45, 2.75) is 13.3 Å². The zero-order valence-corrected chi connectivity index (χ0v) is 5.09. The summed E-state index contributed by atoms with van der Waals surface area (Å²) in [5.74, 6) is 0. The predicted octanol–water partition coefficient (Wildman–Crippen LogP) is 0.307. The first-order valence-electron chi connectivity index (χ1n) is 2.68. The van der Waals surface area contributed by atoms with Crippen molar-refractivity contribution in [3.63, 3.8) is 0 Å². The molecule has 2 N–H and O–H groups in total. The minimum Gasteiger partial charge on any atom is -0.396 e. The molecule has 0 fully saturated rings. The quantitative estimate of drug-likeness (QED) is 0.521. The summed E-state index contributed by atoms with van der Waals surface area (Å²) in [6.07, 6.45) is 2.36. The van der Waals surface area contributed by atoms with Crippen LogP contribution in [-0.4, -0.2) is 23.4 Å². The van der Waals surface area contributed by atoms with Gasteiger partial charge in [0.15, 0.2) is 0 Å². The first-order valence-corrected chi connectivity index (χ1v) is 2.68. The van der Waals surface area contributed by atoms with Gasteiger partial charge in [-0.05, 0) is 13.3 Å². The summed E-state index contributed by atoms with van der Waals surface area (Å²) in [5.41, 5.74) is 1.04. The molecule has 0 aliphatic heterocycles. The summed E-state index contributed by atoms with van der Waals surface area (Å²) in [6, 6.07) is 0. The van der Waals surface area contributed by atoms with Gasteiger partial charge in [-0.15, -0.1) is 0 Å². The van der Waals surface area contributed by atoms with E-state index in [2.05, 4.69) is 0 Å². The van der Waals surface area contributed by atoms with E-state index in [1.54, 1.807) is 6.08 Å². The summed E-state index contributed by atoms with van der Waals surface area (Å²) in [4.78, 5) is 0. The molecular formula is C6H12O2. The molecular weight excluding hydrogens is 104 g/mol. The number of aliphatic hydroxyl groups is 2. The van der Waals surface area contributed by atoms with Crippen molar-refractivity contribution < 1.29 is 10.2 Å². The Bertz CT molecular complexity index is 76.6. The van der Waals surface area contributed by atoms with E-state index in [4.69, 9.17) is 10.2 Å². The molecule has 48 valence electrons. The van der Waals surface area contributed by atoms with E-state index in [0.717, 1.165) is 5.57 Å². The molecule has 0 aliphatic carbocycles. The lowest BCUT2D eigenvalue weighted by atomic mass is 10.2. The molecule has 0 atom stereocenters. The van der Waals surface area contributed by atoms with Crippen molar-refractivity contribution in [3.8, 4) is 0 Å². The van der Waals surface area contributed by atoms with Gasteiger partial charge < -0.3 is 10.2 Å². The molecule has 0 radical (unpaired) electrons. The Morgan fingerprint density at radius 2 is 2.12 bits per heavy atom. The predicted molar refractivity (Wildman–Crippen MR) is 32.5 cm³/mol. The number of hydrogen-bond donors (Lipinski definition) is 2. The Morgan fingerprint density at radius 1 is 1.50 bits per heavy atom. The summed E-state index contributed by atoms with van der Waals surface area (Å²) < 4.78 is 0. The van der Waals surface area contributed by atoms with Crippen molar-refractivity contribution in [2.75, 3.05) is 13.2 Å². The first-order chi connectivity index (χ1) is 3.81. The van der Waals surface area contributed by atoms with Crippen molar-refractivity contribution in [1.29, 1.82) is 0 Å². The van der Waals surface area contributed by atoms with E-state index in [0.29, 0.717) is 6.42 Å². The molecule has 2 nitrogen and oxygen atoms in total. The zero-order chi connectivity index (χ0) is 6.41. The Kier molecular flexibility index (Phi) is 4.61. The van der Waals surface area contributed by atoms with E-state index >= 15 is 0 Å². The van der Waals surface area contributed by atoms with E-state index in [9.17, 15) is 0 Å². The van der Waals surface area contributed by atoms with Crippen LogP contribution in [0.15, 0.2) is 11.6 Å². The summed E-state index contributed by atoms with van der Waals surface area (Å²) in [5, 5.41) is 16.6. The second-order valence-electron chi connectivity index (χ2n) is 1.71. The average molecular weight is 116 g/mol. The minimum atomic E-state index is 0.0752. The smallest absolute Gasteiger partial charge is 0.0614 e.